The Hall–Kier alpha value is -2.46. The monoisotopic (exact) mass is 292 g/mol. The first-order chi connectivity index (χ1) is 10.9. The van der Waals surface area contributed by atoms with Crippen LogP contribution in [0.3, 0.4) is 0 Å². The Labute approximate surface area is 130 Å². The van der Waals surface area contributed by atoms with Gasteiger partial charge >= 0.3 is 0 Å². The second-order valence-corrected chi connectivity index (χ2v) is 5.27. The Balaban J connectivity index is 1.76. The van der Waals surface area contributed by atoms with Crippen molar-refractivity contribution in [2.75, 3.05) is 0 Å². The summed E-state index contributed by atoms with van der Waals surface area (Å²) in [6.45, 7) is 2.95. The van der Waals surface area contributed by atoms with Crippen LogP contribution < -0.4 is 5.32 Å². The normalized spacial score (nSPS) is 12.2. The molecular weight excluding hydrogens is 272 g/mol. The van der Waals surface area contributed by atoms with Crippen LogP contribution >= 0.6 is 0 Å². The average molecular weight is 292 g/mol. The fourth-order valence-corrected chi connectivity index (χ4v) is 2.48. The third kappa shape index (κ3) is 3.40. The summed E-state index contributed by atoms with van der Waals surface area (Å²) in [5.74, 6) is 0.830. The second kappa shape index (κ2) is 7.00. The highest BCUT2D eigenvalue weighted by atomic mass is 15.2. The van der Waals surface area contributed by atoms with E-state index in [1.807, 2.05) is 18.2 Å². The molecule has 1 heterocycles. The number of aromatic nitrogens is 3. The molecule has 4 heteroatoms. The third-order valence-corrected chi connectivity index (χ3v) is 3.78. The highest BCUT2D eigenvalue weighted by Gasteiger charge is 2.16. The van der Waals surface area contributed by atoms with Gasteiger partial charge in [-0.25, -0.2) is 4.98 Å². The summed E-state index contributed by atoms with van der Waals surface area (Å²) in [5.41, 5.74) is 3.79. The van der Waals surface area contributed by atoms with E-state index >= 15 is 0 Å². The van der Waals surface area contributed by atoms with Gasteiger partial charge in [0.2, 0.25) is 0 Å². The van der Waals surface area contributed by atoms with E-state index in [9.17, 15) is 0 Å². The molecule has 0 bridgehead atoms. The minimum absolute atomic E-state index is 0.00884. The molecule has 0 spiro atoms. The fourth-order valence-electron chi connectivity index (χ4n) is 2.48. The first-order valence-corrected chi connectivity index (χ1v) is 7.58. The van der Waals surface area contributed by atoms with Crippen molar-refractivity contribution in [3.63, 3.8) is 0 Å². The molecule has 0 aliphatic rings. The van der Waals surface area contributed by atoms with Crippen LogP contribution in [0.2, 0.25) is 0 Å². The van der Waals surface area contributed by atoms with Gasteiger partial charge in [-0.1, -0.05) is 61.5 Å². The van der Waals surface area contributed by atoms with Gasteiger partial charge in [-0.2, -0.15) is 5.10 Å². The zero-order chi connectivity index (χ0) is 15.2. The summed E-state index contributed by atoms with van der Waals surface area (Å²) in [6.07, 6.45) is 2.61. The molecule has 3 rings (SSSR count). The molecule has 0 saturated heterocycles. The van der Waals surface area contributed by atoms with Gasteiger partial charge in [-0.15, -0.1) is 0 Å². The number of H-pyrrole nitrogens is 1. The van der Waals surface area contributed by atoms with Crippen molar-refractivity contribution in [1.29, 1.82) is 0 Å². The van der Waals surface area contributed by atoms with E-state index in [0.29, 0.717) is 0 Å². The van der Waals surface area contributed by atoms with E-state index in [0.717, 1.165) is 18.8 Å². The summed E-state index contributed by atoms with van der Waals surface area (Å²) in [4.78, 5) is 4.30. The standard InChI is InChI=1S/C18H20N4/c1-2-14-8-10-15(11-9-14)12-19-17(18-20-13-21-22-18)16-6-4-3-5-7-16/h3-11,13,17,19H,2,12H2,1H3,(H,20,21,22). The van der Waals surface area contributed by atoms with Crippen LogP contribution in [0.1, 0.15) is 35.5 Å². The second-order valence-electron chi connectivity index (χ2n) is 5.27. The maximum absolute atomic E-state index is 4.30. The third-order valence-electron chi connectivity index (χ3n) is 3.78. The van der Waals surface area contributed by atoms with Crippen LogP contribution in [-0.2, 0) is 13.0 Å². The van der Waals surface area contributed by atoms with Crippen LogP contribution in [0.4, 0.5) is 0 Å². The van der Waals surface area contributed by atoms with Gasteiger partial charge in [0.05, 0.1) is 6.04 Å². The minimum atomic E-state index is 0.00884. The molecule has 22 heavy (non-hydrogen) atoms. The molecule has 1 atom stereocenters. The predicted octanol–water partition coefficient (Wildman–Crippen LogP) is 3.25. The lowest BCUT2D eigenvalue weighted by atomic mass is 10.1. The van der Waals surface area contributed by atoms with Crippen molar-refractivity contribution in [1.82, 2.24) is 20.5 Å². The molecule has 0 aliphatic heterocycles. The van der Waals surface area contributed by atoms with E-state index in [-0.39, 0.29) is 6.04 Å². The number of benzene rings is 2. The molecule has 0 fully saturated rings. The molecular formula is C18H20N4. The van der Waals surface area contributed by atoms with E-state index in [1.165, 1.54) is 16.7 Å². The molecule has 0 saturated carbocycles. The van der Waals surface area contributed by atoms with Gasteiger partial charge in [0.1, 0.15) is 12.2 Å². The molecule has 1 aromatic heterocycles. The van der Waals surface area contributed by atoms with Crippen molar-refractivity contribution in [3.05, 3.63) is 83.4 Å². The SMILES string of the molecule is CCc1ccc(CNC(c2ccccc2)c2ncn[nH]2)cc1. The lowest BCUT2D eigenvalue weighted by molar-refractivity contribution is 0.578. The van der Waals surface area contributed by atoms with Gasteiger partial charge in [0.25, 0.3) is 0 Å². The lowest BCUT2D eigenvalue weighted by Crippen LogP contribution is -2.23. The molecule has 2 aromatic carbocycles. The van der Waals surface area contributed by atoms with Crippen LogP contribution in [0.5, 0.6) is 0 Å². The summed E-state index contributed by atoms with van der Waals surface area (Å²) in [6, 6.07) is 19.0. The maximum atomic E-state index is 4.30. The Bertz CT molecular complexity index is 675. The summed E-state index contributed by atoms with van der Waals surface area (Å²) >= 11 is 0. The highest BCUT2D eigenvalue weighted by Crippen LogP contribution is 2.19. The summed E-state index contributed by atoms with van der Waals surface area (Å²) < 4.78 is 0. The number of rotatable bonds is 6. The van der Waals surface area contributed by atoms with Crippen LogP contribution in [-0.4, -0.2) is 15.2 Å². The number of hydrogen-bond donors (Lipinski definition) is 2. The van der Waals surface area contributed by atoms with E-state index < -0.39 is 0 Å². The number of nitrogens with zero attached hydrogens (tertiary/aromatic N) is 2. The van der Waals surface area contributed by atoms with Crippen molar-refractivity contribution in [2.24, 2.45) is 0 Å². The molecule has 4 nitrogen and oxygen atoms in total. The summed E-state index contributed by atoms with van der Waals surface area (Å²) in [5, 5.41) is 10.5. The van der Waals surface area contributed by atoms with Gasteiger partial charge in [0, 0.05) is 6.54 Å². The van der Waals surface area contributed by atoms with Gasteiger partial charge in [-0.05, 0) is 23.1 Å². The van der Waals surface area contributed by atoms with Crippen molar-refractivity contribution >= 4 is 0 Å². The number of aryl methyl sites for hydroxylation is 1. The zero-order valence-electron chi connectivity index (χ0n) is 12.7. The van der Waals surface area contributed by atoms with Gasteiger partial charge in [0.15, 0.2) is 0 Å². The van der Waals surface area contributed by atoms with Crippen molar-refractivity contribution in [3.8, 4) is 0 Å². The molecule has 112 valence electrons. The smallest absolute Gasteiger partial charge is 0.145 e. The Morgan fingerprint density at radius 3 is 2.36 bits per heavy atom. The van der Waals surface area contributed by atoms with Crippen LogP contribution in [0.15, 0.2) is 60.9 Å². The van der Waals surface area contributed by atoms with Crippen molar-refractivity contribution < 1.29 is 0 Å². The first-order valence-electron chi connectivity index (χ1n) is 7.58. The number of nitrogens with one attached hydrogen (secondary N) is 2. The molecule has 0 aliphatic carbocycles. The number of hydrogen-bond acceptors (Lipinski definition) is 3. The van der Waals surface area contributed by atoms with E-state index in [4.69, 9.17) is 0 Å². The van der Waals surface area contributed by atoms with Crippen molar-refractivity contribution in [2.45, 2.75) is 25.9 Å². The van der Waals surface area contributed by atoms with E-state index in [1.54, 1.807) is 6.33 Å². The zero-order valence-corrected chi connectivity index (χ0v) is 12.7. The molecule has 0 radical (unpaired) electrons. The quantitative estimate of drug-likeness (QED) is 0.733. The highest BCUT2D eigenvalue weighted by molar-refractivity contribution is 5.26. The predicted molar refractivity (Wildman–Crippen MR) is 87.3 cm³/mol. The Morgan fingerprint density at radius 1 is 1.00 bits per heavy atom. The maximum Gasteiger partial charge on any atom is 0.145 e. The van der Waals surface area contributed by atoms with Crippen LogP contribution in [0.25, 0.3) is 0 Å². The molecule has 3 aromatic rings. The lowest BCUT2D eigenvalue weighted by Gasteiger charge is -2.17. The molecule has 1 unspecified atom stereocenters. The molecule has 2 N–H and O–H groups in total. The fraction of sp³-hybridized carbons (Fsp3) is 0.222. The Kier molecular flexibility index (Phi) is 4.61. The van der Waals surface area contributed by atoms with E-state index in [2.05, 4.69) is 63.8 Å². The molecule has 0 amide bonds. The summed E-state index contributed by atoms with van der Waals surface area (Å²) in [7, 11) is 0. The average Bonchev–Trinajstić information content (AvgIpc) is 3.11. The number of aromatic amines is 1. The minimum Gasteiger partial charge on any atom is -0.300 e. The first kappa shape index (κ1) is 14.5. The topological polar surface area (TPSA) is 53.6 Å². The largest absolute Gasteiger partial charge is 0.300 e. The van der Waals surface area contributed by atoms with Gasteiger partial charge < -0.3 is 0 Å². The van der Waals surface area contributed by atoms with Crippen LogP contribution in [0, 0.1) is 0 Å². The van der Waals surface area contributed by atoms with Gasteiger partial charge in [-0.3, -0.25) is 10.4 Å². The Morgan fingerprint density at radius 2 is 1.73 bits per heavy atom.